The van der Waals surface area contributed by atoms with Crippen molar-refractivity contribution in [3.05, 3.63) is 0 Å². The van der Waals surface area contributed by atoms with Crippen molar-refractivity contribution in [1.82, 2.24) is 4.90 Å². The van der Waals surface area contributed by atoms with Gasteiger partial charge in [-0.3, -0.25) is 4.79 Å². The second kappa shape index (κ2) is 5.06. The van der Waals surface area contributed by atoms with E-state index in [9.17, 15) is 9.90 Å². The van der Waals surface area contributed by atoms with Crippen LogP contribution in [0.1, 0.15) is 51.9 Å². The molecule has 2 aliphatic heterocycles. The molecule has 0 aromatic carbocycles. The van der Waals surface area contributed by atoms with E-state index in [1.54, 1.807) is 0 Å². The van der Waals surface area contributed by atoms with E-state index in [-0.39, 0.29) is 30.1 Å². The molecular weight excluding hydrogens is 240 g/mol. The number of nitrogens with zero attached hydrogens (tertiary/aromatic N) is 1. The fourth-order valence-corrected chi connectivity index (χ4v) is 4.30. The zero-order valence-electron chi connectivity index (χ0n) is 11.8. The highest BCUT2D eigenvalue weighted by Crippen LogP contribution is 2.39. The Morgan fingerprint density at radius 1 is 1.11 bits per heavy atom. The number of carbonyl (C=O) groups excluding carboxylic acids is 1. The normalized spacial score (nSPS) is 46.4. The minimum absolute atomic E-state index is 0.129. The molecule has 4 heteroatoms. The van der Waals surface area contributed by atoms with Crippen molar-refractivity contribution >= 4 is 5.91 Å². The van der Waals surface area contributed by atoms with Gasteiger partial charge in [0.2, 0.25) is 5.91 Å². The van der Waals surface area contributed by atoms with Crippen LogP contribution in [0.5, 0.6) is 0 Å². The molecule has 3 rings (SSSR count). The summed E-state index contributed by atoms with van der Waals surface area (Å²) in [5, 5.41) is 9.82. The van der Waals surface area contributed by atoms with Crippen LogP contribution in [0.3, 0.4) is 0 Å². The van der Waals surface area contributed by atoms with E-state index in [0.29, 0.717) is 11.8 Å². The molecule has 1 saturated carbocycles. The summed E-state index contributed by atoms with van der Waals surface area (Å²) < 4.78 is 0. The third kappa shape index (κ3) is 2.40. The van der Waals surface area contributed by atoms with Crippen molar-refractivity contribution in [2.24, 2.45) is 17.6 Å². The van der Waals surface area contributed by atoms with Crippen LogP contribution >= 0.6 is 0 Å². The van der Waals surface area contributed by atoms with Crippen LogP contribution in [0.25, 0.3) is 0 Å². The predicted octanol–water partition coefficient (Wildman–Crippen LogP) is 1.26. The molecule has 5 atom stereocenters. The number of hydrogen-bond acceptors (Lipinski definition) is 3. The average molecular weight is 266 g/mol. The number of hydrogen-bond donors (Lipinski definition) is 2. The monoisotopic (exact) mass is 266 g/mol. The van der Waals surface area contributed by atoms with E-state index in [2.05, 4.69) is 11.8 Å². The molecule has 19 heavy (non-hydrogen) atoms. The highest BCUT2D eigenvalue weighted by atomic mass is 16.3. The first-order valence-corrected chi connectivity index (χ1v) is 7.82. The zero-order chi connectivity index (χ0) is 13.6. The molecule has 2 heterocycles. The smallest absolute Gasteiger partial charge is 0.226 e. The molecule has 108 valence electrons. The van der Waals surface area contributed by atoms with Crippen molar-refractivity contribution in [2.75, 3.05) is 0 Å². The van der Waals surface area contributed by atoms with Crippen molar-refractivity contribution < 1.29 is 9.90 Å². The van der Waals surface area contributed by atoms with Crippen LogP contribution < -0.4 is 5.73 Å². The lowest BCUT2D eigenvalue weighted by atomic mass is 9.78. The summed E-state index contributed by atoms with van der Waals surface area (Å²) in [5.74, 6) is 0.996. The first-order valence-electron chi connectivity index (χ1n) is 7.82. The van der Waals surface area contributed by atoms with Crippen LogP contribution in [0.15, 0.2) is 0 Å². The Morgan fingerprint density at radius 3 is 2.32 bits per heavy atom. The fourth-order valence-electron chi connectivity index (χ4n) is 4.30. The van der Waals surface area contributed by atoms with Gasteiger partial charge in [0.05, 0.1) is 6.10 Å². The van der Waals surface area contributed by atoms with Crippen molar-refractivity contribution in [1.29, 1.82) is 0 Å². The first-order chi connectivity index (χ1) is 9.06. The topological polar surface area (TPSA) is 66.6 Å². The minimum Gasteiger partial charge on any atom is -0.393 e. The standard InChI is InChI=1S/C15H26N2O2/c1-9-2-3-10(6-14(9)16)15(19)17-11-4-5-12(17)8-13(18)7-11/h9-14,18H,2-8,16H2,1H3. The van der Waals surface area contributed by atoms with Crippen LogP contribution in [0.4, 0.5) is 0 Å². The lowest BCUT2D eigenvalue weighted by molar-refractivity contribution is -0.143. The summed E-state index contributed by atoms with van der Waals surface area (Å²) in [6, 6.07) is 0.754. The summed E-state index contributed by atoms with van der Waals surface area (Å²) in [4.78, 5) is 14.9. The largest absolute Gasteiger partial charge is 0.393 e. The van der Waals surface area contributed by atoms with Crippen LogP contribution in [0.2, 0.25) is 0 Å². The molecule has 3 aliphatic rings. The van der Waals surface area contributed by atoms with E-state index in [4.69, 9.17) is 5.73 Å². The number of nitrogens with two attached hydrogens (primary N) is 1. The molecule has 3 fully saturated rings. The molecule has 2 saturated heterocycles. The Kier molecular flexibility index (Phi) is 3.56. The Balaban J connectivity index is 1.68. The molecule has 0 aromatic heterocycles. The van der Waals surface area contributed by atoms with Crippen LogP contribution in [0, 0.1) is 11.8 Å². The first kappa shape index (κ1) is 13.4. The summed E-state index contributed by atoms with van der Waals surface area (Å²) in [7, 11) is 0. The van der Waals surface area contributed by atoms with Gasteiger partial charge in [-0.2, -0.15) is 0 Å². The molecule has 5 unspecified atom stereocenters. The van der Waals surface area contributed by atoms with Crippen LogP contribution in [-0.4, -0.2) is 40.1 Å². The van der Waals surface area contributed by atoms with E-state index in [0.717, 1.165) is 44.9 Å². The number of piperidine rings is 1. The minimum atomic E-state index is -0.199. The van der Waals surface area contributed by atoms with Gasteiger partial charge in [-0.15, -0.1) is 0 Å². The molecule has 0 spiro atoms. The third-order valence-corrected chi connectivity index (χ3v) is 5.57. The van der Waals surface area contributed by atoms with Crippen LogP contribution in [-0.2, 0) is 4.79 Å². The van der Waals surface area contributed by atoms with Gasteiger partial charge in [0.15, 0.2) is 0 Å². The van der Waals surface area contributed by atoms with Gasteiger partial charge >= 0.3 is 0 Å². The Morgan fingerprint density at radius 2 is 1.74 bits per heavy atom. The van der Waals surface area contributed by atoms with Crippen molar-refractivity contribution in [3.8, 4) is 0 Å². The maximum atomic E-state index is 12.8. The molecular formula is C15H26N2O2. The summed E-state index contributed by atoms with van der Waals surface area (Å²) in [6.07, 6.45) is 6.41. The predicted molar refractivity (Wildman–Crippen MR) is 73.4 cm³/mol. The number of fused-ring (bicyclic) bond motifs is 2. The summed E-state index contributed by atoms with van der Waals surface area (Å²) in [6.45, 7) is 2.19. The van der Waals surface area contributed by atoms with Crippen molar-refractivity contribution in [2.45, 2.75) is 76.1 Å². The van der Waals surface area contributed by atoms with E-state index >= 15 is 0 Å². The quantitative estimate of drug-likeness (QED) is 0.751. The summed E-state index contributed by atoms with van der Waals surface area (Å²) >= 11 is 0. The van der Waals surface area contributed by atoms with Gasteiger partial charge in [0, 0.05) is 24.0 Å². The molecule has 1 amide bonds. The van der Waals surface area contributed by atoms with E-state index in [1.165, 1.54) is 0 Å². The second-order valence-electron chi connectivity index (χ2n) is 6.91. The lowest BCUT2D eigenvalue weighted by Gasteiger charge is -2.41. The molecule has 1 aliphatic carbocycles. The Bertz CT molecular complexity index is 346. The number of carbonyl (C=O) groups is 1. The number of amides is 1. The van der Waals surface area contributed by atoms with Gasteiger partial charge in [0.25, 0.3) is 0 Å². The summed E-state index contributed by atoms with van der Waals surface area (Å²) in [5.41, 5.74) is 6.13. The van der Waals surface area contributed by atoms with Gasteiger partial charge in [-0.05, 0) is 50.9 Å². The average Bonchev–Trinajstić information content (AvgIpc) is 2.64. The van der Waals surface area contributed by atoms with E-state index in [1.807, 2.05) is 0 Å². The SMILES string of the molecule is CC1CCC(C(=O)N2C3CCC2CC(O)C3)CC1N. The molecule has 2 bridgehead atoms. The highest BCUT2D eigenvalue weighted by Gasteiger charge is 2.45. The maximum Gasteiger partial charge on any atom is 0.226 e. The number of aliphatic hydroxyl groups excluding tert-OH is 1. The fraction of sp³-hybridized carbons (Fsp3) is 0.933. The Labute approximate surface area is 115 Å². The van der Waals surface area contributed by atoms with Crippen molar-refractivity contribution in [3.63, 3.8) is 0 Å². The molecule has 3 N–H and O–H groups in total. The van der Waals surface area contributed by atoms with Gasteiger partial charge in [0.1, 0.15) is 0 Å². The van der Waals surface area contributed by atoms with E-state index < -0.39 is 0 Å². The highest BCUT2D eigenvalue weighted by molar-refractivity contribution is 5.80. The molecule has 0 radical (unpaired) electrons. The van der Waals surface area contributed by atoms with Gasteiger partial charge in [-0.25, -0.2) is 0 Å². The third-order valence-electron chi connectivity index (χ3n) is 5.57. The maximum absolute atomic E-state index is 12.8. The Hall–Kier alpha value is -0.610. The van der Waals surface area contributed by atoms with Gasteiger partial charge in [-0.1, -0.05) is 6.92 Å². The molecule has 4 nitrogen and oxygen atoms in total. The molecule has 0 aromatic rings. The number of rotatable bonds is 1. The zero-order valence-corrected chi connectivity index (χ0v) is 11.8. The second-order valence-corrected chi connectivity index (χ2v) is 6.91. The van der Waals surface area contributed by atoms with Gasteiger partial charge < -0.3 is 15.7 Å². The number of aliphatic hydroxyl groups is 1. The lowest BCUT2D eigenvalue weighted by Crippen LogP contribution is -2.51.